The molecule has 1 fully saturated rings. The largest absolute Gasteiger partial charge is 0.487 e. The summed E-state index contributed by atoms with van der Waals surface area (Å²) in [5.41, 5.74) is 2.47. The van der Waals surface area contributed by atoms with E-state index in [-0.39, 0.29) is 36.6 Å². The van der Waals surface area contributed by atoms with Crippen LogP contribution in [0.25, 0.3) is 22.2 Å². The highest BCUT2D eigenvalue weighted by molar-refractivity contribution is 5.93. The van der Waals surface area contributed by atoms with E-state index in [0.29, 0.717) is 0 Å². The maximum atomic E-state index is 14.5. The Labute approximate surface area is 219 Å². The summed E-state index contributed by atoms with van der Waals surface area (Å²) in [6, 6.07) is 8.60. The van der Waals surface area contributed by atoms with Gasteiger partial charge in [0.1, 0.15) is 17.6 Å². The van der Waals surface area contributed by atoms with Crippen LogP contribution in [0.4, 0.5) is 10.2 Å². The summed E-state index contributed by atoms with van der Waals surface area (Å²) in [5.74, 6) is 0.263. The normalized spacial score (nSPS) is 18.3. The SMILES string of the molecule is CCNc1cc2c(cn1)c(-c1cnn(C[C@H](O)CO)c1)nn2C1CCC(Oc2cccc(C#N)c2F)CC1. The van der Waals surface area contributed by atoms with E-state index < -0.39 is 11.9 Å². The first kappa shape index (κ1) is 25.6. The minimum atomic E-state index is -0.894. The van der Waals surface area contributed by atoms with Crippen LogP contribution in [-0.4, -0.2) is 60.1 Å². The molecule has 3 N–H and O–H groups in total. The highest BCUT2D eigenvalue weighted by Crippen LogP contribution is 2.37. The number of aliphatic hydroxyl groups excluding tert-OH is 2. The van der Waals surface area contributed by atoms with Crippen molar-refractivity contribution in [3.63, 3.8) is 0 Å². The average Bonchev–Trinajstić information content (AvgIpc) is 3.55. The summed E-state index contributed by atoms with van der Waals surface area (Å²) in [6.45, 7) is 2.60. The molecular formula is C27H30FN7O3. The van der Waals surface area contributed by atoms with Crippen molar-refractivity contribution in [3.05, 3.63) is 54.2 Å². The van der Waals surface area contributed by atoms with Gasteiger partial charge in [0.15, 0.2) is 11.6 Å². The van der Waals surface area contributed by atoms with Crippen molar-refractivity contribution in [2.24, 2.45) is 0 Å². The maximum absolute atomic E-state index is 14.5. The third-order valence-corrected chi connectivity index (χ3v) is 6.83. The quantitative estimate of drug-likeness (QED) is 0.305. The van der Waals surface area contributed by atoms with Gasteiger partial charge in [-0.25, -0.2) is 9.37 Å². The van der Waals surface area contributed by atoms with Crippen LogP contribution in [0.2, 0.25) is 0 Å². The van der Waals surface area contributed by atoms with Gasteiger partial charge in [-0.05, 0) is 44.7 Å². The molecule has 0 amide bonds. The maximum Gasteiger partial charge on any atom is 0.182 e. The van der Waals surface area contributed by atoms with Crippen LogP contribution in [0.5, 0.6) is 5.75 Å². The molecule has 198 valence electrons. The summed E-state index contributed by atoms with van der Waals surface area (Å²) < 4.78 is 24.1. The Morgan fingerprint density at radius 2 is 2.08 bits per heavy atom. The van der Waals surface area contributed by atoms with E-state index >= 15 is 0 Å². The molecular weight excluding hydrogens is 489 g/mol. The molecule has 0 unspecified atom stereocenters. The van der Waals surface area contributed by atoms with E-state index in [1.54, 1.807) is 29.2 Å². The molecule has 1 aliphatic rings. The van der Waals surface area contributed by atoms with E-state index in [1.165, 1.54) is 6.07 Å². The van der Waals surface area contributed by atoms with Crippen LogP contribution in [0.15, 0.2) is 42.9 Å². The third-order valence-electron chi connectivity index (χ3n) is 6.83. The van der Waals surface area contributed by atoms with E-state index in [9.17, 15) is 9.50 Å². The van der Waals surface area contributed by atoms with Crippen molar-refractivity contribution in [1.82, 2.24) is 24.5 Å². The molecule has 0 bridgehead atoms. The van der Waals surface area contributed by atoms with Crippen LogP contribution in [0, 0.1) is 17.1 Å². The van der Waals surface area contributed by atoms with Crippen molar-refractivity contribution in [2.75, 3.05) is 18.5 Å². The molecule has 1 atom stereocenters. The number of halogens is 1. The molecule has 1 saturated carbocycles. The molecule has 0 radical (unpaired) electrons. The predicted octanol–water partition coefficient (Wildman–Crippen LogP) is 3.65. The zero-order valence-corrected chi connectivity index (χ0v) is 21.1. The second-order valence-electron chi connectivity index (χ2n) is 9.48. The smallest absolute Gasteiger partial charge is 0.182 e. The molecule has 0 saturated heterocycles. The fourth-order valence-corrected chi connectivity index (χ4v) is 4.94. The number of aromatic nitrogens is 5. The lowest BCUT2D eigenvalue weighted by Crippen LogP contribution is -2.26. The minimum Gasteiger partial charge on any atom is -0.487 e. The Balaban J connectivity index is 1.39. The zero-order valence-electron chi connectivity index (χ0n) is 21.1. The number of nitrogens with zero attached hydrogens (tertiary/aromatic N) is 6. The molecule has 4 aromatic rings. The standard InChI is InChI=1S/C27H30FN7O3/c1-2-30-25-10-23-22(13-31-25)27(18-12-32-34(14-18)15-20(37)16-36)33-35(23)19-6-8-21(9-7-19)38-24-5-3-4-17(11-29)26(24)28/h3-5,10,12-14,19-21,36-37H,2,6-9,15-16H2,1H3,(H,30,31)/t19?,20-,21?/m0/s1. The van der Waals surface area contributed by atoms with Crippen molar-refractivity contribution in [1.29, 1.82) is 5.26 Å². The topological polar surface area (TPSA) is 134 Å². The van der Waals surface area contributed by atoms with Crippen LogP contribution in [0.3, 0.4) is 0 Å². The monoisotopic (exact) mass is 519 g/mol. The van der Waals surface area contributed by atoms with E-state index in [2.05, 4.69) is 15.4 Å². The number of fused-ring (bicyclic) bond motifs is 1. The van der Waals surface area contributed by atoms with Crippen molar-refractivity contribution in [3.8, 4) is 23.1 Å². The van der Waals surface area contributed by atoms with Crippen LogP contribution >= 0.6 is 0 Å². The van der Waals surface area contributed by atoms with Crippen molar-refractivity contribution < 1.29 is 19.3 Å². The molecule has 0 spiro atoms. The Hall–Kier alpha value is -4.01. The zero-order chi connectivity index (χ0) is 26.6. The Morgan fingerprint density at radius 1 is 1.26 bits per heavy atom. The van der Waals surface area contributed by atoms with Gasteiger partial charge in [-0.3, -0.25) is 9.36 Å². The van der Waals surface area contributed by atoms with Crippen LogP contribution in [0.1, 0.15) is 44.2 Å². The van der Waals surface area contributed by atoms with E-state index in [4.69, 9.17) is 20.2 Å². The summed E-state index contributed by atoms with van der Waals surface area (Å²) >= 11 is 0. The first-order chi connectivity index (χ1) is 18.5. The van der Waals surface area contributed by atoms with Gasteiger partial charge in [0.25, 0.3) is 0 Å². The number of anilines is 1. The van der Waals surface area contributed by atoms with Gasteiger partial charge < -0.3 is 20.3 Å². The van der Waals surface area contributed by atoms with Gasteiger partial charge in [-0.15, -0.1) is 0 Å². The molecule has 5 rings (SSSR count). The second-order valence-corrected chi connectivity index (χ2v) is 9.48. The van der Waals surface area contributed by atoms with Gasteiger partial charge in [-0.1, -0.05) is 6.07 Å². The number of aliphatic hydroxyl groups is 2. The van der Waals surface area contributed by atoms with Gasteiger partial charge in [-0.2, -0.15) is 15.5 Å². The van der Waals surface area contributed by atoms with E-state index in [0.717, 1.165) is 60.2 Å². The number of hydrogen-bond acceptors (Lipinski definition) is 8. The summed E-state index contributed by atoms with van der Waals surface area (Å²) in [6.07, 6.45) is 7.30. The molecule has 1 aliphatic carbocycles. The van der Waals surface area contributed by atoms with Crippen LogP contribution in [-0.2, 0) is 6.54 Å². The molecule has 11 heteroatoms. The molecule has 10 nitrogen and oxygen atoms in total. The predicted molar refractivity (Wildman–Crippen MR) is 139 cm³/mol. The number of hydrogen-bond donors (Lipinski definition) is 3. The molecule has 0 aliphatic heterocycles. The number of nitrogens with one attached hydrogen (secondary N) is 1. The lowest BCUT2D eigenvalue weighted by molar-refractivity contribution is 0.0783. The minimum absolute atomic E-state index is 0.0222. The lowest BCUT2D eigenvalue weighted by Gasteiger charge is -2.29. The number of benzene rings is 1. The van der Waals surface area contributed by atoms with Gasteiger partial charge in [0.2, 0.25) is 0 Å². The average molecular weight is 520 g/mol. The number of pyridine rings is 1. The molecule has 3 aromatic heterocycles. The Kier molecular flexibility index (Phi) is 7.53. The Bertz CT molecular complexity index is 1450. The fourth-order valence-electron chi connectivity index (χ4n) is 4.94. The van der Waals surface area contributed by atoms with Crippen LogP contribution < -0.4 is 10.1 Å². The summed E-state index contributed by atoms with van der Waals surface area (Å²) in [7, 11) is 0. The first-order valence-electron chi connectivity index (χ1n) is 12.8. The number of nitriles is 1. The lowest BCUT2D eigenvalue weighted by atomic mass is 9.93. The number of rotatable bonds is 9. The van der Waals surface area contributed by atoms with E-state index in [1.807, 2.05) is 29.9 Å². The third kappa shape index (κ3) is 5.18. The highest BCUT2D eigenvalue weighted by Gasteiger charge is 2.28. The molecule has 1 aromatic carbocycles. The number of ether oxygens (including phenoxy) is 1. The first-order valence-corrected chi connectivity index (χ1v) is 12.8. The highest BCUT2D eigenvalue weighted by atomic mass is 19.1. The van der Waals surface area contributed by atoms with Crippen molar-refractivity contribution >= 4 is 16.7 Å². The van der Waals surface area contributed by atoms with Crippen molar-refractivity contribution in [2.45, 2.75) is 57.4 Å². The summed E-state index contributed by atoms with van der Waals surface area (Å²) in [5, 5.41) is 41.5. The van der Waals surface area contributed by atoms with Gasteiger partial charge >= 0.3 is 0 Å². The molecule has 3 heterocycles. The molecule has 38 heavy (non-hydrogen) atoms. The second kappa shape index (κ2) is 11.2. The van der Waals surface area contributed by atoms with Gasteiger partial charge in [0.05, 0.1) is 48.7 Å². The summed E-state index contributed by atoms with van der Waals surface area (Å²) in [4.78, 5) is 4.55. The Morgan fingerprint density at radius 3 is 2.82 bits per heavy atom. The fraction of sp³-hybridized carbons (Fsp3) is 0.407. The van der Waals surface area contributed by atoms with Gasteiger partial charge in [0, 0.05) is 36.0 Å².